The molecular weight excluding hydrogens is 308 g/mol. The summed E-state index contributed by atoms with van der Waals surface area (Å²) in [7, 11) is 0. The molecule has 0 saturated heterocycles. The molecule has 0 heterocycles. The van der Waals surface area contributed by atoms with Crippen LogP contribution in [0.5, 0.6) is 0 Å². The quantitative estimate of drug-likeness (QED) is 0.415. The number of ketones is 1. The van der Waals surface area contributed by atoms with Crippen molar-refractivity contribution in [1.82, 2.24) is 0 Å². The van der Waals surface area contributed by atoms with Crippen molar-refractivity contribution in [2.45, 2.75) is 57.7 Å². The highest BCUT2D eigenvalue weighted by molar-refractivity contribution is 6.33. The number of hydrazone groups is 1. The van der Waals surface area contributed by atoms with Gasteiger partial charge in [-0.05, 0) is 73.7 Å². The van der Waals surface area contributed by atoms with Crippen molar-refractivity contribution in [1.29, 1.82) is 0 Å². The molecule has 2 unspecified atom stereocenters. The second-order valence-corrected chi connectivity index (χ2v) is 9.10. The van der Waals surface area contributed by atoms with Crippen LogP contribution >= 0.6 is 11.6 Å². The van der Waals surface area contributed by atoms with Gasteiger partial charge in [0.1, 0.15) is 0 Å². The van der Waals surface area contributed by atoms with Gasteiger partial charge in [0, 0.05) is 11.1 Å². The number of nitrogens with zero attached hydrogens (tertiary/aromatic N) is 1. The first-order valence-electron chi connectivity index (χ1n) is 9.06. The predicted molar refractivity (Wildman–Crippen MR) is 93.3 cm³/mol. The van der Waals surface area contributed by atoms with Crippen LogP contribution in [-0.2, 0) is 4.79 Å². The van der Waals surface area contributed by atoms with Crippen molar-refractivity contribution in [2.24, 2.45) is 45.4 Å². The zero-order valence-electron chi connectivity index (χ0n) is 14.1. The molecule has 0 aromatic carbocycles. The monoisotopic (exact) mass is 334 g/mol. The highest BCUT2D eigenvalue weighted by atomic mass is 35.5. The van der Waals surface area contributed by atoms with Crippen LogP contribution in [0.25, 0.3) is 0 Å². The molecule has 0 bridgehead atoms. The van der Waals surface area contributed by atoms with E-state index in [1.165, 1.54) is 31.4 Å². The van der Waals surface area contributed by atoms with Crippen molar-refractivity contribution in [3.63, 3.8) is 0 Å². The maximum atomic E-state index is 12.0. The molecule has 3 saturated carbocycles. The van der Waals surface area contributed by atoms with Gasteiger partial charge < -0.3 is 5.84 Å². The lowest BCUT2D eigenvalue weighted by molar-refractivity contribution is -0.120. The smallest absolute Gasteiger partial charge is 0.173 e. The summed E-state index contributed by atoms with van der Waals surface area (Å²) in [4.78, 5) is 12.0. The SMILES string of the molecule is C[C@]12C=CC(=O)C(Cl)C1CC[C@@H]1[C@H]2CC[C@]2(C)C(=NN)CC[C@@H]12. The Morgan fingerprint density at radius 2 is 1.96 bits per heavy atom. The molecule has 0 amide bonds. The number of rotatable bonds is 0. The Kier molecular flexibility index (Phi) is 3.46. The van der Waals surface area contributed by atoms with E-state index in [1.807, 2.05) is 0 Å². The fourth-order valence-electron chi connectivity index (χ4n) is 6.68. The summed E-state index contributed by atoms with van der Waals surface area (Å²) in [5.74, 6) is 8.14. The first kappa shape index (κ1) is 15.7. The van der Waals surface area contributed by atoms with E-state index in [-0.39, 0.29) is 22.0 Å². The summed E-state index contributed by atoms with van der Waals surface area (Å²) in [6.07, 6.45) is 10.9. The summed E-state index contributed by atoms with van der Waals surface area (Å²) < 4.78 is 0. The number of nitrogens with two attached hydrogens (primary N) is 1. The number of fused-ring (bicyclic) bond motifs is 5. The van der Waals surface area contributed by atoms with Crippen LogP contribution in [0.3, 0.4) is 0 Å². The lowest BCUT2D eigenvalue weighted by Crippen LogP contribution is -2.55. The number of carbonyl (C=O) groups is 1. The van der Waals surface area contributed by atoms with Gasteiger partial charge in [0.15, 0.2) is 5.78 Å². The van der Waals surface area contributed by atoms with Gasteiger partial charge in [0.05, 0.1) is 5.38 Å². The van der Waals surface area contributed by atoms with E-state index in [2.05, 4.69) is 25.0 Å². The predicted octanol–water partition coefficient (Wildman–Crippen LogP) is 3.91. The van der Waals surface area contributed by atoms with Crippen molar-refractivity contribution in [2.75, 3.05) is 0 Å². The summed E-state index contributed by atoms with van der Waals surface area (Å²) in [6.45, 7) is 4.73. The van der Waals surface area contributed by atoms with E-state index in [0.29, 0.717) is 17.8 Å². The maximum Gasteiger partial charge on any atom is 0.173 e. The lowest BCUT2D eigenvalue weighted by atomic mass is 9.46. The zero-order chi connectivity index (χ0) is 16.4. The Hall–Kier alpha value is -0.830. The minimum absolute atomic E-state index is 0.0766. The molecule has 0 radical (unpaired) electrons. The minimum Gasteiger partial charge on any atom is -0.323 e. The van der Waals surface area contributed by atoms with E-state index in [1.54, 1.807) is 6.08 Å². The lowest BCUT2D eigenvalue weighted by Gasteiger charge is -2.58. The summed E-state index contributed by atoms with van der Waals surface area (Å²) in [5.41, 5.74) is 1.51. The summed E-state index contributed by atoms with van der Waals surface area (Å²) in [6, 6.07) is 0. The third kappa shape index (κ3) is 1.95. The van der Waals surface area contributed by atoms with Gasteiger partial charge >= 0.3 is 0 Å². The third-order valence-electron chi connectivity index (χ3n) is 7.97. The molecule has 4 aliphatic rings. The van der Waals surface area contributed by atoms with Crippen LogP contribution < -0.4 is 5.84 Å². The Balaban J connectivity index is 1.70. The van der Waals surface area contributed by atoms with Gasteiger partial charge in [0.2, 0.25) is 0 Å². The van der Waals surface area contributed by atoms with Gasteiger partial charge in [-0.25, -0.2) is 0 Å². The van der Waals surface area contributed by atoms with Crippen molar-refractivity contribution < 1.29 is 4.79 Å². The minimum atomic E-state index is -0.330. The van der Waals surface area contributed by atoms with Gasteiger partial charge in [-0.1, -0.05) is 19.9 Å². The molecule has 0 aromatic heterocycles. The average molecular weight is 335 g/mol. The molecule has 0 spiro atoms. The Labute approximate surface area is 143 Å². The standard InChI is InChI=1S/C19H27ClN2O/c1-18-10-8-15(23)17(20)14(18)4-3-11-12-5-6-16(22-21)19(12,2)9-7-13(11)18/h8,10-14,17H,3-7,9,21H2,1-2H3/t11-,12-,13+,14?,17?,18+,19-/m0/s1. The number of allylic oxidation sites excluding steroid dienone is 2. The van der Waals surface area contributed by atoms with Crippen LogP contribution in [0.4, 0.5) is 0 Å². The number of halogens is 1. The first-order chi connectivity index (χ1) is 10.9. The zero-order valence-corrected chi connectivity index (χ0v) is 14.9. The highest BCUT2D eigenvalue weighted by Crippen LogP contribution is 2.64. The van der Waals surface area contributed by atoms with E-state index in [0.717, 1.165) is 18.8 Å². The van der Waals surface area contributed by atoms with Gasteiger partial charge in [-0.2, -0.15) is 5.10 Å². The summed E-state index contributed by atoms with van der Waals surface area (Å²) >= 11 is 6.51. The van der Waals surface area contributed by atoms with Crippen molar-refractivity contribution >= 4 is 23.1 Å². The Morgan fingerprint density at radius 1 is 1.17 bits per heavy atom. The number of carbonyl (C=O) groups excluding carboxylic acids is 1. The van der Waals surface area contributed by atoms with Gasteiger partial charge in [0.25, 0.3) is 0 Å². The topological polar surface area (TPSA) is 55.5 Å². The van der Waals surface area contributed by atoms with E-state index < -0.39 is 0 Å². The molecule has 2 N–H and O–H groups in total. The maximum absolute atomic E-state index is 12.0. The number of hydrogen-bond donors (Lipinski definition) is 1. The van der Waals surface area contributed by atoms with Gasteiger partial charge in [-0.15, -0.1) is 11.6 Å². The highest BCUT2D eigenvalue weighted by Gasteiger charge is 2.60. The average Bonchev–Trinajstić information content (AvgIpc) is 2.88. The number of alkyl halides is 1. The van der Waals surface area contributed by atoms with E-state index in [9.17, 15) is 4.79 Å². The van der Waals surface area contributed by atoms with Crippen LogP contribution in [0.1, 0.15) is 52.4 Å². The second-order valence-electron chi connectivity index (χ2n) is 8.63. The van der Waals surface area contributed by atoms with Crippen LogP contribution in [0, 0.1) is 34.5 Å². The summed E-state index contributed by atoms with van der Waals surface area (Å²) in [5, 5.41) is 3.81. The molecule has 7 atom stereocenters. The molecule has 4 aliphatic carbocycles. The van der Waals surface area contributed by atoms with E-state index >= 15 is 0 Å². The Bertz CT molecular complexity index is 600. The van der Waals surface area contributed by atoms with Crippen molar-refractivity contribution in [3.05, 3.63) is 12.2 Å². The number of hydrogen-bond acceptors (Lipinski definition) is 3. The molecule has 3 fully saturated rings. The molecule has 23 heavy (non-hydrogen) atoms. The first-order valence-corrected chi connectivity index (χ1v) is 9.50. The molecule has 4 rings (SSSR count). The normalized spacial score (nSPS) is 53.8. The van der Waals surface area contributed by atoms with Crippen LogP contribution in [-0.4, -0.2) is 16.9 Å². The van der Waals surface area contributed by atoms with Gasteiger partial charge in [-0.3, -0.25) is 4.79 Å². The molecule has 3 nitrogen and oxygen atoms in total. The second kappa shape index (κ2) is 5.08. The Morgan fingerprint density at radius 3 is 2.70 bits per heavy atom. The molecular formula is C19H27ClN2O. The van der Waals surface area contributed by atoms with Crippen molar-refractivity contribution in [3.8, 4) is 0 Å². The third-order valence-corrected chi connectivity index (χ3v) is 8.49. The molecule has 126 valence electrons. The van der Waals surface area contributed by atoms with Crippen LogP contribution in [0.15, 0.2) is 17.3 Å². The molecule has 0 aliphatic heterocycles. The molecule has 4 heteroatoms. The largest absolute Gasteiger partial charge is 0.323 e. The van der Waals surface area contributed by atoms with Crippen LogP contribution in [0.2, 0.25) is 0 Å². The molecule has 0 aromatic rings. The fourth-order valence-corrected chi connectivity index (χ4v) is 7.15. The van der Waals surface area contributed by atoms with E-state index in [4.69, 9.17) is 17.4 Å². The fraction of sp³-hybridized carbons (Fsp3) is 0.789.